The van der Waals surface area contributed by atoms with Gasteiger partial charge in [0.2, 0.25) is 0 Å². The minimum absolute atomic E-state index is 0. The van der Waals surface area contributed by atoms with Crippen LogP contribution in [0.4, 0.5) is 0 Å². The summed E-state index contributed by atoms with van der Waals surface area (Å²) in [7, 11) is -3.87. The molecule has 0 aliphatic rings. The van der Waals surface area contributed by atoms with Crippen LogP contribution in [-0.4, -0.2) is 67.0 Å². The summed E-state index contributed by atoms with van der Waals surface area (Å²) in [6.45, 7) is 5.21. The summed E-state index contributed by atoms with van der Waals surface area (Å²) in [4.78, 5) is 9.88. The average Bonchev–Trinajstić information content (AvgIpc) is 2.96. The molecule has 0 atom stereocenters. The van der Waals surface area contributed by atoms with Gasteiger partial charge in [-0.3, -0.25) is 9.05 Å². The van der Waals surface area contributed by atoms with E-state index in [1.165, 1.54) is 180 Å². The molecule has 0 saturated heterocycles. The number of phosphoric acid groups is 1. The molecule has 0 heterocycles. The van der Waals surface area contributed by atoms with E-state index in [0.29, 0.717) is 13.2 Å². The van der Waals surface area contributed by atoms with Crippen molar-refractivity contribution in [3.8, 4) is 0 Å². The Kier molecular flexibility index (Phi) is 42.4. The van der Waals surface area contributed by atoms with Crippen molar-refractivity contribution in [2.24, 2.45) is 0 Å². The molecule has 0 rings (SSSR count). The van der Waals surface area contributed by atoms with Gasteiger partial charge in [0.1, 0.15) is 0 Å². The predicted octanol–water partition coefficient (Wildman–Crippen LogP) is 13.5. The van der Waals surface area contributed by atoms with E-state index in [0.717, 1.165) is 25.7 Å². The monoisotopic (exact) mass is 742 g/mol. The molecule has 42 heavy (non-hydrogen) atoms. The smallest absolute Gasteiger partial charge is 1.00 e. The summed E-state index contributed by atoms with van der Waals surface area (Å²) in [5.41, 5.74) is 0. The molecular weight excluding hydrogens is 665 g/mol. The first kappa shape index (κ1) is 45.8. The molecule has 6 heteroatoms. The minimum atomic E-state index is -3.87. The molecule has 0 radical (unpaired) electrons. The molecule has 0 aliphatic carbocycles. The molecule has 0 aliphatic heterocycles. The molecule has 0 aromatic carbocycles. The topological polar surface area (TPSA) is 55.8 Å². The Bertz CT molecular complexity index is 504. The summed E-state index contributed by atoms with van der Waals surface area (Å²) >= 11 is 0. The third-order valence-electron chi connectivity index (χ3n) is 8.50. The van der Waals surface area contributed by atoms with Crippen LogP contribution in [0.5, 0.6) is 0 Å². The SMILES string of the molecule is CCCCCCCCCCCCCCCCCCOP(=O)(O)OCCCCCCCCCCCCCCCCCC.[Ba+2].[H-].[H-]. The number of rotatable bonds is 36. The van der Waals surface area contributed by atoms with Gasteiger partial charge in [-0.05, 0) is 12.8 Å². The first-order valence-corrected chi connectivity index (χ1v) is 20.2. The van der Waals surface area contributed by atoms with Gasteiger partial charge in [0.05, 0.1) is 13.2 Å². The first-order chi connectivity index (χ1) is 20.1. The van der Waals surface area contributed by atoms with Crippen molar-refractivity contribution in [1.29, 1.82) is 0 Å². The number of hydrogen-bond donors (Lipinski definition) is 1. The normalized spacial score (nSPS) is 11.7. The van der Waals surface area contributed by atoms with Crippen LogP contribution in [0.15, 0.2) is 0 Å². The van der Waals surface area contributed by atoms with Crippen molar-refractivity contribution in [2.45, 2.75) is 219 Å². The Morgan fingerprint density at radius 1 is 0.381 bits per heavy atom. The number of hydrogen-bond acceptors (Lipinski definition) is 3. The summed E-state index contributed by atoms with van der Waals surface area (Å²) < 4.78 is 22.4. The van der Waals surface area contributed by atoms with Crippen LogP contribution in [0.25, 0.3) is 0 Å². The predicted molar refractivity (Wildman–Crippen MR) is 189 cm³/mol. The maximum Gasteiger partial charge on any atom is 2.00 e. The molecule has 0 amide bonds. The maximum atomic E-state index is 12.0. The number of unbranched alkanes of at least 4 members (excludes halogenated alkanes) is 30. The Labute approximate surface area is 308 Å². The molecule has 0 spiro atoms. The van der Waals surface area contributed by atoms with Gasteiger partial charge in [-0.2, -0.15) is 0 Å². The van der Waals surface area contributed by atoms with Crippen LogP contribution in [0.2, 0.25) is 0 Å². The molecule has 0 fully saturated rings. The van der Waals surface area contributed by atoms with E-state index in [4.69, 9.17) is 9.05 Å². The van der Waals surface area contributed by atoms with Crippen LogP contribution in [0.3, 0.4) is 0 Å². The van der Waals surface area contributed by atoms with Crippen molar-refractivity contribution in [3.63, 3.8) is 0 Å². The molecule has 0 aromatic rings. The summed E-state index contributed by atoms with van der Waals surface area (Å²) in [6.07, 6.45) is 42.2. The Hall–Kier alpha value is 1.68. The second kappa shape index (κ2) is 38.9. The molecule has 0 aromatic heterocycles. The fraction of sp³-hybridized carbons (Fsp3) is 1.00. The molecular formula is C36H77BaO4P. The van der Waals surface area contributed by atoms with Crippen molar-refractivity contribution in [3.05, 3.63) is 0 Å². The summed E-state index contributed by atoms with van der Waals surface area (Å²) in [5.74, 6) is 0. The molecule has 1 N–H and O–H groups in total. The zero-order valence-corrected chi connectivity index (χ0v) is 34.2. The van der Waals surface area contributed by atoms with E-state index in [9.17, 15) is 9.46 Å². The van der Waals surface area contributed by atoms with Crippen LogP contribution in [0.1, 0.15) is 222 Å². The largest absolute Gasteiger partial charge is 2.00 e. The second-order valence-corrected chi connectivity index (χ2v) is 14.2. The minimum Gasteiger partial charge on any atom is -1.00 e. The van der Waals surface area contributed by atoms with E-state index in [1.807, 2.05) is 0 Å². The Balaban J connectivity index is -0.00000267. The van der Waals surface area contributed by atoms with Crippen molar-refractivity contribution >= 4 is 56.7 Å². The second-order valence-electron chi connectivity index (χ2n) is 12.7. The van der Waals surface area contributed by atoms with Gasteiger partial charge in [-0.25, -0.2) is 4.57 Å². The summed E-state index contributed by atoms with van der Waals surface area (Å²) in [5, 5.41) is 0. The van der Waals surface area contributed by atoms with Gasteiger partial charge in [0.25, 0.3) is 0 Å². The van der Waals surface area contributed by atoms with Crippen LogP contribution >= 0.6 is 7.82 Å². The molecule has 0 unspecified atom stereocenters. The number of phosphoric ester groups is 1. The third-order valence-corrected chi connectivity index (χ3v) is 9.52. The fourth-order valence-corrected chi connectivity index (χ4v) is 6.49. The Morgan fingerprint density at radius 2 is 0.548 bits per heavy atom. The van der Waals surface area contributed by atoms with Crippen molar-refractivity contribution in [2.75, 3.05) is 13.2 Å². The maximum absolute atomic E-state index is 12.0. The molecule has 252 valence electrons. The Morgan fingerprint density at radius 3 is 0.738 bits per heavy atom. The van der Waals surface area contributed by atoms with Gasteiger partial charge >= 0.3 is 56.7 Å². The summed E-state index contributed by atoms with van der Waals surface area (Å²) in [6, 6.07) is 0. The van der Waals surface area contributed by atoms with Gasteiger partial charge in [0, 0.05) is 0 Å². The van der Waals surface area contributed by atoms with Gasteiger partial charge < -0.3 is 7.75 Å². The quantitative estimate of drug-likeness (QED) is 0.0395. The van der Waals surface area contributed by atoms with E-state index in [2.05, 4.69) is 13.8 Å². The van der Waals surface area contributed by atoms with Crippen LogP contribution in [0, 0.1) is 0 Å². The van der Waals surface area contributed by atoms with Crippen molar-refractivity contribution < 1.29 is 21.4 Å². The average molecular weight is 742 g/mol. The standard InChI is InChI=1S/C36H75O4P.Ba.2H/c1-3-5-7-9-11-13-15-17-19-21-23-25-27-29-31-33-35-39-41(37,38)40-36-34-32-30-28-26-24-22-20-18-16-14-12-10-8-6-4-2;;;/h3-36H2,1-2H3,(H,37,38);;;/q;+2;2*-1. The van der Waals surface area contributed by atoms with E-state index >= 15 is 0 Å². The molecule has 4 nitrogen and oxygen atoms in total. The van der Waals surface area contributed by atoms with E-state index in [-0.39, 0.29) is 51.7 Å². The van der Waals surface area contributed by atoms with Gasteiger partial charge in [-0.15, -0.1) is 0 Å². The zero-order chi connectivity index (χ0) is 30.0. The van der Waals surface area contributed by atoms with Crippen LogP contribution < -0.4 is 0 Å². The molecule has 0 saturated carbocycles. The van der Waals surface area contributed by atoms with Gasteiger partial charge in [-0.1, -0.05) is 206 Å². The van der Waals surface area contributed by atoms with Crippen LogP contribution in [-0.2, 0) is 13.6 Å². The van der Waals surface area contributed by atoms with Crippen molar-refractivity contribution in [1.82, 2.24) is 0 Å². The third kappa shape index (κ3) is 39.7. The molecule has 0 bridgehead atoms. The zero-order valence-electron chi connectivity index (χ0n) is 30.9. The van der Waals surface area contributed by atoms with E-state index < -0.39 is 7.82 Å². The van der Waals surface area contributed by atoms with Gasteiger partial charge in [0.15, 0.2) is 0 Å². The van der Waals surface area contributed by atoms with E-state index in [1.54, 1.807) is 0 Å². The fourth-order valence-electron chi connectivity index (χ4n) is 5.70. The first-order valence-electron chi connectivity index (χ1n) is 18.7.